The molecule has 17 rings (SSSR count). The van der Waals surface area contributed by atoms with E-state index < -0.39 is 35.5 Å². The second-order valence-corrected chi connectivity index (χ2v) is 37.8. The summed E-state index contributed by atoms with van der Waals surface area (Å²) in [5.41, 5.74) is 14.3. The number of thiophene rings is 4. The van der Waals surface area contributed by atoms with Gasteiger partial charge in [-0.25, -0.2) is 4.90 Å². The fraction of sp³-hybridized carbons (Fsp3) is 0.420. The standard InChI is InChI=1S/C22H24ClN3O3S.C22H23ClN2O4S.C22H21ClN2O3S.C22H25ClN2O3S/c23-12-8-10-13(11-9-12)25-21(29)18-16-6-3-7-17(16)30-22(18)26-20(28)15-5-2-1-4-14(15)19(24)27;23-12-8-10-13(11-9-12)24-20(27)18-16-6-3-7-17(16)30-21(18)25-19(26)14-4-1-2-5-15(14)22(28)29;23-12-8-10-13(11-9-12)24-19(26)18-16-6-3-7-17(16)29-22(18)25-20(27)14-4-1-2-5-15(14)21(25)28;23-14-8-10-15(11-9-14)24-21(28)19-17-6-3-7-18(17)29-22(19)25-20(27)16-5-2-1-4-13(16)12-26/h8-11,14-15H,1-7H2,(H2,24,27)(H,25,29)(H,26,28);8-11,14-15H,1-7H2,(H,24,27)(H,25,26)(H,28,29);8-11,14-15H,1-7H2,(H,24,26);8-11,13,16,26H,1-7,12H2,(H,24,28)(H,25,27). The highest BCUT2D eigenvalue weighted by Crippen LogP contribution is 2.49. The van der Waals surface area contributed by atoms with E-state index in [0.717, 1.165) is 191 Å². The second-order valence-electron chi connectivity index (χ2n) is 31.6. The lowest BCUT2D eigenvalue weighted by Crippen LogP contribution is -2.39. The van der Waals surface area contributed by atoms with Crippen LogP contribution in [0.5, 0.6) is 0 Å². The number of carboxylic acids is 1. The molecule has 4 aromatic heterocycles. The SMILES string of the molecule is NC(=O)C1CCCCC1C(=O)Nc1sc2c(c1C(=O)Nc1ccc(Cl)cc1)CCC2.O=C(Nc1ccc(Cl)cc1)c1c(N2C(=O)C3CCCCC3C2=O)sc2c1CCC2.O=C(Nc1ccc(Cl)cc1)c1c(NC(=O)C2CCCCC2C(=O)O)sc2c1CCC2.O=C(Nc1ccc(Cl)cc1)c1c(NC(=O)C2CCCCC2CO)sc2c1CCC2. The highest BCUT2D eigenvalue weighted by atomic mass is 35.5. The van der Waals surface area contributed by atoms with Gasteiger partial charge in [-0.2, -0.15) is 0 Å². The van der Waals surface area contributed by atoms with Gasteiger partial charge < -0.3 is 53.2 Å². The third kappa shape index (κ3) is 19.5. The molecule has 620 valence electrons. The van der Waals surface area contributed by atoms with Gasteiger partial charge in [-0.1, -0.05) is 97.8 Å². The Kier molecular flexibility index (Phi) is 28.1. The number of benzene rings is 4. The molecule has 8 atom stereocenters. The average molecular weight is 1750 g/mol. The number of fused-ring (bicyclic) bond motifs is 5. The minimum Gasteiger partial charge on any atom is -0.481 e. The van der Waals surface area contributed by atoms with Crippen LogP contribution in [0.25, 0.3) is 0 Å². The van der Waals surface area contributed by atoms with Gasteiger partial charge in [0.15, 0.2) is 0 Å². The summed E-state index contributed by atoms with van der Waals surface area (Å²) in [5, 5.41) is 44.3. The lowest BCUT2D eigenvalue weighted by molar-refractivity contribution is -0.147. The van der Waals surface area contributed by atoms with Crippen LogP contribution in [0.2, 0.25) is 20.1 Å². The topological polar surface area (TPSA) is 342 Å². The molecule has 22 nitrogen and oxygen atoms in total. The Labute approximate surface area is 719 Å². The Hall–Kier alpha value is -8.83. The maximum absolute atomic E-state index is 13.2. The molecule has 4 aromatic carbocycles. The Bertz CT molecular complexity index is 4980. The monoisotopic (exact) mass is 1750 g/mol. The van der Waals surface area contributed by atoms with Gasteiger partial charge in [-0.05, 0) is 254 Å². The molecule has 4 saturated carbocycles. The molecule has 0 spiro atoms. The minimum absolute atomic E-state index is 0.00176. The van der Waals surface area contributed by atoms with Crippen LogP contribution in [0, 0.1) is 47.3 Å². The first-order chi connectivity index (χ1) is 57.0. The van der Waals surface area contributed by atoms with Gasteiger partial charge in [-0.3, -0.25) is 52.7 Å². The van der Waals surface area contributed by atoms with Crippen LogP contribution >= 0.6 is 91.8 Å². The van der Waals surface area contributed by atoms with Crippen molar-refractivity contribution in [3.8, 4) is 0 Å². The molecule has 8 aromatic rings. The quantitative estimate of drug-likeness (QED) is 0.0358. The highest BCUT2D eigenvalue weighted by molar-refractivity contribution is 7.18. The zero-order valence-corrected chi connectivity index (χ0v) is 71.2. The van der Waals surface area contributed by atoms with Gasteiger partial charge in [0.05, 0.1) is 45.9 Å². The number of nitrogens with two attached hydrogens (primary N) is 1. The van der Waals surface area contributed by atoms with Crippen molar-refractivity contribution >= 4 is 200 Å². The molecule has 0 bridgehead atoms. The van der Waals surface area contributed by atoms with Crippen molar-refractivity contribution in [2.75, 3.05) is 48.7 Å². The van der Waals surface area contributed by atoms with Crippen molar-refractivity contribution in [3.05, 3.63) is 181 Å². The molecule has 1 aliphatic heterocycles. The fourth-order valence-corrected chi connectivity index (χ4v) is 23.9. The molecule has 5 heterocycles. The van der Waals surface area contributed by atoms with Gasteiger partial charge in [-0.15, -0.1) is 45.3 Å². The summed E-state index contributed by atoms with van der Waals surface area (Å²) in [6, 6.07) is 27.7. The number of hydrogen-bond donors (Lipinski definition) is 10. The Balaban J connectivity index is 0.000000129. The summed E-state index contributed by atoms with van der Waals surface area (Å²) >= 11 is 29.6. The number of nitrogens with one attached hydrogen (secondary N) is 7. The van der Waals surface area contributed by atoms with Gasteiger partial charge in [0.2, 0.25) is 35.4 Å². The first-order valence-corrected chi connectivity index (χ1v) is 45.6. The number of aliphatic hydroxyl groups is 1. The number of anilines is 8. The number of hydrogen-bond acceptors (Lipinski definition) is 16. The van der Waals surface area contributed by atoms with E-state index in [-0.39, 0.29) is 83.4 Å². The third-order valence-corrected chi connectivity index (χ3v) is 30.0. The van der Waals surface area contributed by atoms with E-state index in [1.807, 2.05) is 0 Å². The van der Waals surface area contributed by atoms with E-state index in [1.165, 1.54) is 55.1 Å². The lowest BCUT2D eigenvalue weighted by atomic mass is 9.78. The third-order valence-electron chi connectivity index (χ3n) is 24.1. The van der Waals surface area contributed by atoms with E-state index >= 15 is 0 Å². The number of halogens is 4. The molecule has 11 N–H and O–H groups in total. The van der Waals surface area contributed by atoms with Crippen molar-refractivity contribution in [2.24, 2.45) is 53.1 Å². The van der Waals surface area contributed by atoms with Crippen molar-refractivity contribution < 1.29 is 63.0 Å². The lowest BCUT2D eigenvalue weighted by Gasteiger charge is -2.29. The molecule has 5 fully saturated rings. The summed E-state index contributed by atoms with van der Waals surface area (Å²) in [7, 11) is 0. The van der Waals surface area contributed by atoms with Gasteiger partial charge in [0.25, 0.3) is 23.6 Å². The van der Waals surface area contributed by atoms with Crippen LogP contribution in [0.3, 0.4) is 0 Å². The largest absolute Gasteiger partial charge is 0.481 e. The fourth-order valence-electron chi connectivity index (χ4n) is 18.2. The molecule has 118 heavy (non-hydrogen) atoms. The normalized spacial score (nSPS) is 21.2. The molecule has 1 saturated heterocycles. The summed E-state index contributed by atoms with van der Waals surface area (Å²) in [4.78, 5) is 147. The summed E-state index contributed by atoms with van der Waals surface area (Å²) < 4.78 is 0. The number of carbonyl (C=O) groups excluding carboxylic acids is 10. The van der Waals surface area contributed by atoms with Crippen molar-refractivity contribution in [1.29, 1.82) is 0 Å². The Morgan fingerprint density at radius 1 is 0.356 bits per heavy atom. The van der Waals surface area contributed by atoms with E-state index in [0.29, 0.717) is 111 Å². The number of rotatable bonds is 18. The summed E-state index contributed by atoms with van der Waals surface area (Å²) in [5.74, 6) is -5.97. The van der Waals surface area contributed by atoms with Crippen LogP contribution in [-0.4, -0.2) is 81.9 Å². The first-order valence-electron chi connectivity index (χ1n) is 40.8. The Morgan fingerprint density at radius 2 is 0.644 bits per heavy atom. The predicted octanol–water partition coefficient (Wildman–Crippen LogP) is 19.0. The van der Waals surface area contributed by atoms with Crippen molar-refractivity contribution in [2.45, 2.75) is 180 Å². The van der Waals surface area contributed by atoms with E-state index in [2.05, 4.69) is 37.2 Å². The number of aliphatic carboxylic acids is 1. The number of carbonyl (C=O) groups is 11. The summed E-state index contributed by atoms with van der Waals surface area (Å²) in [6.07, 6.45) is 23.9. The smallest absolute Gasteiger partial charge is 0.307 e. The van der Waals surface area contributed by atoms with Crippen LogP contribution in [0.15, 0.2) is 97.1 Å². The molecule has 8 aliphatic carbocycles. The number of primary amides is 1. The van der Waals surface area contributed by atoms with E-state index in [9.17, 15) is 63.0 Å². The highest BCUT2D eigenvalue weighted by Gasteiger charge is 2.51. The number of amides is 10. The minimum atomic E-state index is -0.927. The summed E-state index contributed by atoms with van der Waals surface area (Å²) in [6.45, 7) is 0.0307. The molecule has 9 aliphatic rings. The zero-order chi connectivity index (χ0) is 83.0. The maximum Gasteiger partial charge on any atom is 0.307 e. The van der Waals surface area contributed by atoms with Crippen molar-refractivity contribution in [3.63, 3.8) is 0 Å². The second kappa shape index (κ2) is 38.7. The molecular formula is C88H93Cl4N9O13S4. The van der Waals surface area contributed by atoms with E-state index in [4.69, 9.17) is 52.1 Å². The number of nitrogens with zero attached hydrogens (tertiary/aromatic N) is 1. The number of imide groups is 1. The van der Waals surface area contributed by atoms with E-state index in [1.54, 1.807) is 97.1 Å². The molecule has 8 unspecified atom stereocenters. The first kappa shape index (κ1) is 85.6. The maximum atomic E-state index is 13.2. The zero-order valence-electron chi connectivity index (χ0n) is 64.9. The average Bonchev–Trinajstić information content (AvgIpc) is 1.59. The van der Waals surface area contributed by atoms with Crippen LogP contribution in [0.4, 0.5) is 42.8 Å². The van der Waals surface area contributed by atoms with Gasteiger partial charge >= 0.3 is 5.97 Å². The molecule has 0 radical (unpaired) electrons. The Morgan fingerprint density at radius 3 is 0.992 bits per heavy atom. The number of carboxylic acid groups (broad SMARTS) is 1. The predicted molar refractivity (Wildman–Crippen MR) is 467 cm³/mol. The van der Waals surface area contributed by atoms with Crippen molar-refractivity contribution in [1.82, 2.24) is 0 Å². The van der Waals surface area contributed by atoms with Gasteiger partial charge in [0, 0.05) is 86.7 Å². The van der Waals surface area contributed by atoms with Crippen LogP contribution in [-0.2, 0) is 84.9 Å². The van der Waals surface area contributed by atoms with Crippen LogP contribution < -0.4 is 47.9 Å². The molecule has 30 heteroatoms. The van der Waals surface area contributed by atoms with Crippen LogP contribution in [0.1, 0.15) is 212 Å². The number of aryl methyl sites for hydroxylation is 4. The molecule has 10 amide bonds. The molecular weight excluding hydrogens is 1660 g/mol. The van der Waals surface area contributed by atoms with Gasteiger partial charge in [0.1, 0.15) is 20.0 Å². The number of aliphatic hydroxyl groups excluding tert-OH is 1.